The molecule has 3 heteroatoms. The van der Waals surface area contributed by atoms with E-state index < -0.39 is 0 Å². The second-order valence-electron chi connectivity index (χ2n) is 3.18. The van der Waals surface area contributed by atoms with E-state index in [1.165, 1.54) is 4.57 Å². The van der Waals surface area contributed by atoms with Crippen molar-refractivity contribution in [2.24, 2.45) is 7.05 Å². The molecule has 0 radical (unpaired) electrons. The van der Waals surface area contributed by atoms with Gasteiger partial charge >= 0.3 is 0 Å². The molecule has 13 heavy (non-hydrogen) atoms. The van der Waals surface area contributed by atoms with Crippen molar-refractivity contribution in [3.63, 3.8) is 0 Å². The molecule has 1 rings (SSSR count). The number of hydrogen-bond acceptors (Lipinski definition) is 2. The maximum absolute atomic E-state index is 11.2. The van der Waals surface area contributed by atoms with Gasteiger partial charge in [0.2, 0.25) is 0 Å². The molecule has 1 N–H and O–H groups in total. The highest BCUT2D eigenvalue weighted by Crippen LogP contribution is 2.01. The van der Waals surface area contributed by atoms with Crippen LogP contribution in [0.15, 0.2) is 35.3 Å². The molecular formula is C10H14N2O. The zero-order valence-electron chi connectivity index (χ0n) is 8.00. The maximum Gasteiger partial charge on any atom is 0.252 e. The highest BCUT2D eigenvalue weighted by Gasteiger charge is 1.93. The molecule has 1 aromatic heterocycles. The van der Waals surface area contributed by atoms with Crippen LogP contribution in [0.3, 0.4) is 0 Å². The van der Waals surface area contributed by atoms with Gasteiger partial charge in [0.15, 0.2) is 0 Å². The molecule has 0 unspecified atom stereocenters. The van der Waals surface area contributed by atoms with Gasteiger partial charge in [-0.25, -0.2) is 0 Å². The summed E-state index contributed by atoms with van der Waals surface area (Å²) in [7, 11) is 1.73. The Morgan fingerprint density at radius 1 is 1.69 bits per heavy atom. The van der Waals surface area contributed by atoms with Crippen LogP contribution in [0.4, 0.5) is 5.69 Å². The van der Waals surface area contributed by atoms with Gasteiger partial charge in [0.1, 0.15) is 0 Å². The monoisotopic (exact) mass is 178 g/mol. The fraction of sp³-hybridized carbons (Fsp3) is 0.300. The molecule has 0 spiro atoms. The molecule has 0 aliphatic rings. The first-order chi connectivity index (χ1) is 6.09. The lowest BCUT2D eigenvalue weighted by molar-refractivity contribution is 0.860. The van der Waals surface area contributed by atoms with Gasteiger partial charge in [-0.2, -0.15) is 0 Å². The molecule has 0 aromatic carbocycles. The third-order valence-electron chi connectivity index (χ3n) is 1.70. The molecule has 0 fully saturated rings. The number of nitrogens with zero attached hydrogens (tertiary/aromatic N) is 1. The quantitative estimate of drug-likeness (QED) is 0.709. The van der Waals surface area contributed by atoms with Crippen molar-refractivity contribution >= 4 is 5.69 Å². The first-order valence-corrected chi connectivity index (χ1v) is 4.14. The van der Waals surface area contributed by atoms with E-state index in [2.05, 4.69) is 11.9 Å². The summed E-state index contributed by atoms with van der Waals surface area (Å²) in [6.45, 7) is 6.40. The number of aromatic nitrogens is 1. The minimum Gasteiger partial charge on any atom is -0.381 e. The van der Waals surface area contributed by atoms with Gasteiger partial charge in [-0.05, 0) is 13.0 Å². The summed E-state index contributed by atoms with van der Waals surface area (Å²) in [6, 6.07) is 3.44. The minimum absolute atomic E-state index is 0.00767. The van der Waals surface area contributed by atoms with Crippen LogP contribution in [0.2, 0.25) is 0 Å². The van der Waals surface area contributed by atoms with Crippen LogP contribution in [0, 0.1) is 0 Å². The second-order valence-corrected chi connectivity index (χ2v) is 3.18. The van der Waals surface area contributed by atoms with E-state index in [0.717, 1.165) is 11.3 Å². The maximum atomic E-state index is 11.2. The number of nitrogens with one attached hydrogen (secondary N) is 1. The standard InChI is InChI=1S/C10H14N2O/c1-8(2)7-11-9-4-5-12(3)10(13)6-9/h4-6,11H,1,7H2,2-3H3. The van der Waals surface area contributed by atoms with E-state index >= 15 is 0 Å². The van der Waals surface area contributed by atoms with E-state index in [1.807, 2.05) is 13.0 Å². The van der Waals surface area contributed by atoms with Gasteiger partial charge in [-0.3, -0.25) is 4.79 Å². The molecule has 0 amide bonds. The topological polar surface area (TPSA) is 34.0 Å². The Hall–Kier alpha value is -1.51. The number of pyridine rings is 1. The SMILES string of the molecule is C=C(C)CNc1ccn(C)c(=O)c1. The molecule has 1 heterocycles. The van der Waals surface area contributed by atoms with Crippen LogP contribution in [0.1, 0.15) is 6.92 Å². The van der Waals surface area contributed by atoms with Gasteiger partial charge in [0.25, 0.3) is 5.56 Å². The zero-order valence-corrected chi connectivity index (χ0v) is 8.00. The fourth-order valence-electron chi connectivity index (χ4n) is 0.911. The molecule has 0 atom stereocenters. The highest BCUT2D eigenvalue weighted by molar-refractivity contribution is 5.42. The van der Waals surface area contributed by atoms with Crippen LogP contribution in [0.25, 0.3) is 0 Å². The highest BCUT2D eigenvalue weighted by atomic mass is 16.1. The Labute approximate surface area is 77.7 Å². The predicted molar refractivity (Wildman–Crippen MR) is 55.0 cm³/mol. The lowest BCUT2D eigenvalue weighted by Gasteiger charge is -2.05. The Bertz CT molecular complexity index is 365. The smallest absolute Gasteiger partial charge is 0.252 e. The van der Waals surface area contributed by atoms with Crippen molar-refractivity contribution in [2.45, 2.75) is 6.92 Å². The number of anilines is 1. The van der Waals surface area contributed by atoms with E-state index in [1.54, 1.807) is 19.3 Å². The molecule has 0 saturated carbocycles. The van der Waals surface area contributed by atoms with Crippen molar-refractivity contribution < 1.29 is 0 Å². The molecule has 0 aliphatic carbocycles. The van der Waals surface area contributed by atoms with Crippen LogP contribution in [-0.4, -0.2) is 11.1 Å². The first-order valence-electron chi connectivity index (χ1n) is 4.14. The molecule has 3 nitrogen and oxygen atoms in total. The first kappa shape index (κ1) is 9.58. The Kier molecular flexibility index (Phi) is 2.90. The van der Waals surface area contributed by atoms with E-state index in [-0.39, 0.29) is 5.56 Å². The van der Waals surface area contributed by atoms with Crippen molar-refractivity contribution in [2.75, 3.05) is 11.9 Å². The van der Waals surface area contributed by atoms with Gasteiger partial charge in [-0.1, -0.05) is 12.2 Å². The molecule has 70 valence electrons. The summed E-state index contributed by atoms with van der Waals surface area (Å²) in [5.74, 6) is 0. The number of aryl methyl sites for hydroxylation is 1. The number of rotatable bonds is 3. The van der Waals surface area contributed by atoms with Gasteiger partial charge < -0.3 is 9.88 Å². The second kappa shape index (κ2) is 3.94. The van der Waals surface area contributed by atoms with E-state index in [9.17, 15) is 4.79 Å². The third kappa shape index (κ3) is 2.78. The molecule has 0 aliphatic heterocycles. The summed E-state index contributed by atoms with van der Waals surface area (Å²) in [5.41, 5.74) is 1.87. The zero-order chi connectivity index (χ0) is 9.84. The lowest BCUT2D eigenvalue weighted by atomic mass is 10.3. The minimum atomic E-state index is -0.00767. The van der Waals surface area contributed by atoms with E-state index in [0.29, 0.717) is 6.54 Å². The normalized spacial score (nSPS) is 9.69. The Morgan fingerprint density at radius 2 is 2.38 bits per heavy atom. The Balaban J connectivity index is 2.74. The van der Waals surface area contributed by atoms with Crippen molar-refractivity contribution in [1.82, 2.24) is 4.57 Å². The summed E-state index contributed by atoms with van der Waals surface area (Å²) in [5, 5.41) is 3.10. The largest absolute Gasteiger partial charge is 0.381 e. The molecule has 1 aromatic rings. The van der Waals surface area contributed by atoms with Crippen LogP contribution in [-0.2, 0) is 7.05 Å². The van der Waals surface area contributed by atoms with E-state index in [4.69, 9.17) is 0 Å². The molecular weight excluding hydrogens is 164 g/mol. The van der Waals surface area contributed by atoms with Gasteiger partial charge in [0, 0.05) is 31.5 Å². The third-order valence-corrected chi connectivity index (χ3v) is 1.70. The lowest BCUT2D eigenvalue weighted by Crippen LogP contribution is -2.15. The van der Waals surface area contributed by atoms with Gasteiger partial charge in [0.05, 0.1) is 0 Å². The summed E-state index contributed by atoms with van der Waals surface area (Å²) >= 11 is 0. The fourth-order valence-corrected chi connectivity index (χ4v) is 0.911. The number of hydrogen-bond donors (Lipinski definition) is 1. The van der Waals surface area contributed by atoms with Crippen molar-refractivity contribution in [3.05, 3.63) is 40.8 Å². The summed E-state index contributed by atoms with van der Waals surface area (Å²) in [4.78, 5) is 11.2. The predicted octanol–water partition coefficient (Wildman–Crippen LogP) is 1.37. The van der Waals surface area contributed by atoms with Crippen LogP contribution in [0.5, 0.6) is 0 Å². The van der Waals surface area contributed by atoms with Crippen LogP contribution < -0.4 is 10.9 Å². The summed E-state index contributed by atoms with van der Waals surface area (Å²) in [6.07, 6.45) is 1.74. The molecule has 0 saturated heterocycles. The van der Waals surface area contributed by atoms with Crippen molar-refractivity contribution in [3.8, 4) is 0 Å². The average molecular weight is 178 g/mol. The van der Waals surface area contributed by atoms with Crippen molar-refractivity contribution in [1.29, 1.82) is 0 Å². The summed E-state index contributed by atoms with van der Waals surface area (Å²) < 4.78 is 1.53. The van der Waals surface area contributed by atoms with Crippen LogP contribution >= 0.6 is 0 Å². The van der Waals surface area contributed by atoms with Gasteiger partial charge in [-0.15, -0.1) is 0 Å². The molecule has 0 bridgehead atoms. The Morgan fingerprint density at radius 3 is 2.92 bits per heavy atom. The average Bonchev–Trinajstić information content (AvgIpc) is 2.07.